The zero-order valence-corrected chi connectivity index (χ0v) is 18.1. The summed E-state index contributed by atoms with van der Waals surface area (Å²) >= 11 is 0. The second-order valence-corrected chi connectivity index (χ2v) is 7.78. The van der Waals surface area contributed by atoms with Crippen LogP contribution in [0.4, 0.5) is 4.39 Å². The molecule has 0 spiro atoms. The molecule has 0 saturated carbocycles. The maximum Gasteiger partial charge on any atom is 0.254 e. The number of nitrogens with one attached hydrogen (secondary N) is 2. The summed E-state index contributed by atoms with van der Waals surface area (Å²) in [6, 6.07) is 16.2. The predicted octanol–water partition coefficient (Wildman–Crippen LogP) is 4.21. The van der Waals surface area contributed by atoms with Crippen LogP contribution in [0.2, 0.25) is 0 Å². The van der Waals surface area contributed by atoms with Crippen LogP contribution in [0.25, 0.3) is 0 Å². The van der Waals surface area contributed by atoms with Crippen LogP contribution >= 0.6 is 0 Å². The quantitative estimate of drug-likeness (QED) is 0.497. The molecule has 1 unspecified atom stereocenters. The van der Waals surface area contributed by atoms with Crippen molar-refractivity contribution in [2.24, 2.45) is 5.92 Å². The summed E-state index contributed by atoms with van der Waals surface area (Å²) in [5.74, 6) is -0.992. The van der Waals surface area contributed by atoms with E-state index in [0.29, 0.717) is 19.8 Å². The van der Waals surface area contributed by atoms with E-state index in [4.69, 9.17) is 9.15 Å². The number of halogens is 1. The Balaban J connectivity index is 1.54. The molecule has 0 aliphatic carbocycles. The lowest BCUT2D eigenvalue weighted by Gasteiger charge is -2.22. The first-order valence-electron chi connectivity index (χ1n) is 10.4. The van der Waals surface area contributed by atoms with Gasteiger partial charge in [0.15, 0.2) is 0 Å². The highest BCUT2D eigenvalue weighted by Gasteiger charge is 2.25. The van der Waals surface area contributed by atoms with E-state index in [1.165, 1.54) is 18.2 Å². The molecular weight excluding hydrogens is 411 g/mol. The van der Waals surface area contributed by atoms with Crippen LogP contribution in [0.1, 0.15) is 41.1 Å². The number of carbonyl (C=O) groups is 2. The van der Waals surface area contributed by atoms with Gasteiger partial charge in [-0.05, 0) is 41.3 Å². The van der Waals surface area contributed by atoms with Gasteiger partial charge in [0.25, 0.3) is 5.91 Å². The number of carbonyl (C=O) groups excluding carboxylic acids is 2. The van der Waals surface area contributed by atoms with Crippen molar-refractivity contribution >= 4 is 11.8 Å². The lowest BCUT2D eigenvalue weighted by atomic mass is 10.0. The standard InChI is InChI=1S/C25H27FN2O4/c1-17(2)23(28-24(29)21-10-3-4-11-22(21)26)25(30)27-14-18-7-5-8-19(13-18)15-31-16-20-9-6-12-32-20/h3-13,17,23H,14-16H2,1-2H3,(H,27,30)(H,28,29). The molecule has 0 aliphatic rings. The summed E-state index contributed by atoms with van der Waals surface area (Å²) in [7, 11) is 0. The molecule has 0 radical (unpaired) electrons. The number of amides is 2. The minimum Gasteiger partial charge on any atom is -0.467 e. The summed E-state index contributed by atoms with van der Waals surface area (Å²) in [6.07, 6.45) is 1.60. The van der Waals surface area contributed by atoms with Crippen molar-refractivity contribution in [3.63, 3.8) is 0 Å². The van der Waals surface area contributed by atoms with Crippen molar-refractivity contribution in [3.05, 3.63) is 95.2 Å². The Kier molecular flexibility index (Phi) is 8.16. The summed E-state index contributed by atoms with van der Waals surface area (Å²) in [5.41, 5.74) is 1.78. The largest absolute Gasteiger partial charge is 0.467 e. The van der Waals surface area contributed by atoms with E-state index in [2.05, 4.69) is 10.6 Å². The van der Waals surface area contributed by atoms with Gasteiger partial charge < -0.3 is 19.8 Å². The van der Waals surface area contributed by atoms with Gasteiger partial charge in [0.05, 0.1) is 18.4 Å². The van der Waals surface area contributed by atoms with Crippen LogP contribution in [0.5, 0.6) is 0 Å². The average Bonchev–Trinajstić information content (AvgIpc) is 3.29. The fourth-order valence-electron chi connectivity index (χ4n) is 3.19. The van der Waals surface area contributed by atoms with Gasteiger partial charge in [-0.15, -0.1) is 0 Å². The van der Waals surface area contributed by atoms with Crippen LogP contribution in [0.15, 0.2) is 71.3 Å². The number of hydrogen-bond donors (Lipinski definition) is 2. The Bertz CT molecular complexity index is 1030. The molecule has 168 valence electrons. The van der Waals surface area contributed by atoms with E-state index in [9.17, 15) is 14.0 Å². The first-order chi connectivity index (χ1) is 15.4. The van der Waals surface area contributed by atoms with E-state index in [1.807, 2.05) is 50.2 Å². The molecule has 3 aromatic rings. The smallest absolute Gasteiger partial charge is 0.254 e. The first kappa shape index (κ1) is 23.2. The second-order valence-electron chi connectivity index (χ2n) is 7.78. The Morgan fingerprint density at radius 2 is 1.78 bits per heavy atom. The van der Waals surface area contributed by atoms with Crippen LogP contribution in [-0.2, 0) is 29.3 Å². The van der Waals surface area contributed by atoms with E-state index in [1.54, 1.807) is 12.3 Å². The van der Waals surface area contributed by atoms with E-state index < -0.39 is 17.8 Å². The summed E-state index contributed by atoms with van der Waals surface area (Å²) in [6.45, 7) is 4.73. The minimum atomic E-state index is -0.790. The maximum atomic E-state index is 13.9. The number of ether oxygens (including phenoxy) is 1. The third-order valence-electron chi connectivity index (χ3n) is 4.91. The van der Waals surface area contributed by atoms with Crippen molar-refractivity contribution in [2.75, 3.05) is 0 Å². The number of benzene rings is 2. The van der Waals surface area contributed by atoms with Gasteiger partial charge in [0.1, 0.15) is 24.2 Å². The molecule has 0 fully saturated rings. The molecule has 0 aliphatic heterocycles. The van der Waals surface area contributed by atoms with Gasteiger partial charge in [0.2, 0.25) is 5.91 Å². The van der Waals surface area contributed by atoms with Gasteiger partial charge in [-0.25, -0.2) is 4.39 Å². The molecule has 1 heterocycles. The van der Waals surface area contributed by atoms with Gasteiger partial charge >= 0.3 is 0 Å². The molecule has 0 saturated heterocycles. The van der Waals surface area contributed by atoms with Crippen molar-refractivity contribution in [1.29, 1.82) is 0 Å². The van der Waals surface area contributed by atoms with Crippen LogP contribution in [-0.4, -0.2) is 17.9 Å². The summed E-state index contributed by atoms with van der Waals surface area (Å²) < 4.78 is 24.8. The Morgan fingerprint density at radius 1 is 1.00 bits per heavy atom. The van der Waals surface area contributed by atoms with Gasteiger partial charge in [-0.2, -0.15) is 0 Å². The van der Waals surface area contributed by atoms with E-state index in [-0.39, 0.29) is 17.4 Å². The average molecular weight is 438 g/mol. The SMILES string of the molecule is CC(C)C(NC(=O)c1ccccc1F)C(=O)NCc1cccc(COCc2ccco2)c1. The highest BCUT2D eigenvalue weighted by Crippen LogP contribution is 2.11. The molecule has 3 rings (SSSR count). The first-order valence-corrected chi connectivity index (χ1v) is 10.4. The Morgan fingerprint density at radius 3 is 2.50 bits per heavy atom. The molecule has 32 heavy (non-hydrogen) atoms. The molecule has 1 atom stereocenters. The van der Waals surface area contributed by atoms with Gasteiger partial charge in [0, 0.05) is 6.54 Å². The second kappa shape index (κ2) is 11.2. The van der Waals surface area contributed by atoms with Crippen molar-refractivity contribution in [2.45, 2.75) is 39.6 Å². The molecule has 0 bridgehead atoms. The summed E-state index contributed by atoms with van der Waals surface area (Å²) in [5, 5.41) is 5.50. The van der Waals surface area contributed by atoms with Gasteiger partial charge in [-0.3, -0.25) is 9.59 Å². The number of furan rings is 1. The lowest BCUT2D eigenvalue weighted by molar-refractivity contribution is -0.124. The minimum absolute atomic E-state index is 0.0896. The molecule has 1 aromatic heterocycles. The predicted molar refractivity (Wildman–Crippen MR) is 118 cm³/mol. The van der Waals surface area contributed by atoms with Crippen LogP contribution < -0.4 is 10.6 Å². The highest BCUT2D eigenvalue weighted by molar-refractivity contribution is 5.97. The third kappa shape index (κ3) is 6.52. The molecule has 2 N–H and O–H groups in total. The van der Waals surface area contributed by atoms with Crippen LogP contribution in [0.3, 0.4) is 0 Å². The summed E-state index contributed by atoms with van der Waals surface area (Å²) in [4.78, 5) is 25.2. The fourth-order valence-corrected chi connectivity index (χ4v) is 3.19. The lowest BCUT2D eigenvalue weighted by Crippen LogP contribution is -2.49. The third-order valence-corrected chi connectivity index (χ3v) is 4.91. The Hall–Kier alpha value is -3.45. The maximum absolute atomic E-state index is 13.9. The molecule has 2 amide bonds. The molecule has 6 nitrogen and oxygen atoms in total. The highest BCUT2D eigenvalue weighted by atomic mass is 19.1. The zero-order valence-electron chi connectivity index (χ0n) is 18.1. The van der Waals surface area contributed by atoms with E-state index in [0.717, 1.165) is 16.9 Å². The molecule has 7 heteroatoms. The van der Waals surface area contributed by atoms with E-state index >= 15 is 0 Å². The Labute approximate surface area is 186 Å². The molecular formula is C25H27FN2O4. The van der Waals surface area contributed by atoms with Crippen molar-refractivity contribution < 1.29 is 23.1 Å². The topological polar surface area (TPSA) is 80.6 Å². The van der Waals surface area contributed by atoms with Crippen molar-refractivity contribution in [1.82, 2.24) is 10.6 Å². The van der Waals surface area contributed by atoms with Crippen molar-refractivity contribution in [3.8, 4) is 0 Å². The van der Waals surface area contributed by atoms with Crippen LogP contribution in [0, 0.1) is 11.7 Å². The normalized spacial score (nSPS) is 11.9. The van der Waals surface area contributed by atoms with Gasteiger partial charge in [-0.1, -0.05) is 50.2 Å². The number of hydrogen-bond acceptors (Lipinski definition) is 4. The number of rotatable bonds is 10. The molecule has 2 aromatic carbocycles. The fraction of sp³-hybridized carbons (Fsp3) is 0.280. The monoisotopic (exact) mass is 438 g/mol. The zero-order chi connectivity index (χ0) is 22.9.